The normalized spacial score (nSPS) is 11.7. The molecule has 2 aromatic rings. The van der Waals surface area contributed by atoms with Gasteiger partial charge in [0.15, 0.2) is 6.61 Å². The van der Waals surface area contributed by atoms with Gasteiger partial charge in [0.05, 0.1) is 0 Å². The molecular formula is C22H28N2O3. The summed E-state index contributed by atoms with van der Waals surface area (Å²) in [5.41, 5.74) is 1.96. The zero-order valence-corrected chi connectivity index (χ0v) is 16.2. The lowest BCUT2D eigenvalue weighted by atomic mass is 10.0. The maximum atomic E-state index is 12.6. The van der Waals surface area contributed by atoms with Gasteiger partial charge in [-0.1, -0.05) is 57.5 Å². The number of carbonyl (C=O) groups excluding carboxylic acids is 2. The Morgan fingerprint density at radius 3 is 2.26 bits per heavy atom. The summed E-state index contributed by atoms with van der Waals surface area (Å²) in [6.07, 6.45) is 2.10. The smallest absolute Gasteiger partial charge is 0.258 e. The molecule has 2 aromatic carbocycles. The molecule has 2 rings (SSSR count). The van der Waals surface area contributed by atoms with Gasteiger partial charge in [-0.25, -0.2) is 0 Å². The largest absolute Gasteiger partial charge is 0.484 e. The first-order valence-corrected chi connectivity index (χ1v) is 9.36. The van der Waals surface area contributed by atoms with Crippen molar-refractivity contribution in [3.63, 3.8) is 0 Å². The van der Waals surface area contributed by atoms with Crippen molar-refractivity contribution in [2.75, 3.05) is 11.9 Å². The number of benzene rings is 2. The number of ether oxygens (including phenoxy) is 1. The van der Waals surface area contributed by atoms with E-state index in [0.717, 1.165) is 18.5 Å². The van der Waals surface area contributed by atoms with Crippen LogP contribution in [0.25, 0.3) is 0 Å². The van der Waals surface area contributed by atoms with E-state index in [-0.39, 0.29) is 24.3 Å². The maximum absolute atomic E-state index is 12.6. The van der Waals surface area contributed by atoms with Crippen molar-refractivity contribution >= 4 is 17.5 Å². The van der Waals surface area contributed by atoms with Gasteiger partial charge in [-0.2, -0.15) is 0 Å². The van der Waals surface area contributed by atoms with Crippen molar-refractivity contribution in [2.45, 2.75) is 39.7 Å². The van der Waals surface area contributed by atoms with Crippen LogP contribution < -0.4 is 15.4 Å². The van der Waals surface area contributed by atoms with Crippen LogP contribution in [0, 0.1) is 5.92 Å². The molecule has 0 fully saturated rings. The molecule has 5 heteroatoms. The number of para-hydroxylation sites is 1. The lowest BCUT2D eigenvalue weighted by Crippen LogP contribution is -2.48. The molecule has 0 aliphatic heterocycles. The second kappa shape index (κ2) is 10.4. The van der Waals surface area contributed by atoms with E-state index in [9.17, 15) is 9.59 Å². The van der Waals surface area contributed by atoms with Crippen molar-refractivity contribution in [3.05, 3.63) is 60.2 Å². The lowest BCUT2D eigenvalue weighted by Gasteiger charge is -2.22. The van der Waals surface area contributed by atoms with Gasteiger partial charge in [-0.3, -0.25) is 9.59 Å². The van der Waals surface area contributed by atoms with Gasteiger partial charge in [0.1, 0.15) is 11.8 Å². The van der Waals surface area contributed by atoms with E-state index in [4.69, 9.17) is 4.74 Å². The fraction of sp³-hybridized carbons (Fsp3) is 0.364. The van der Waals surface area contributed by atoms with Crippen molar-refractivity contribution in [1.29, 1.82) is 0 Å². The number of aryl methyl sites for hydroxylation is 1. The van der Waals surface area contributed by atoms with Crippen molar-refractivity contribution in [1.82, 2.24) is 5.32 Å². The number of hydrogen-bond donors (Lipinski definition) is 2. The molecule has 144 valence electrons. The van der Waals surface area contributed by atoms with Crippen LogP contribution in [-0.2, 0) is 16.0 Å². The fourth-order valence-corrected chi connectivity index (χ4v) is 2.68. The summed E-state index contributed by atoms with van der Waals surface area (Å²) < 4.78 is 5.44. The van der Waals surface area contributed by atoms with E-state index in [1.54, 1.807) is 12.1 Å². The van der Waals surface area contributed by atoms with Crippen LogP contribution in [0.15, 0.2) is 54.6 Å². The molecule has 0 saturated heterocycles. The van der Waals surface area contributed by atoms with E-state index >= 15 is 0 Å². The van der Waals surface area contributed by atoms with Crippen LogP contribution in [0.5, 0.6) is 5.75 Å². The highest BCUT2D eigenvalue weighted by molar-refractivity contribution is 5.97. The molecule has 0 aliphatic carbocycles. The van der Waals surface area contributed by atoms with Crippen LogP contribution in [0.1, 0.15) is 32.8 Å². The predicted octanol–water partition coefficient (Wildman–Crippen LogP) is 3.80. The zero-order valence-electron chi connectivity index (χ0n) is 16.2. The predicted molar refractivity (Wildman–Crippen MR) is 108 cm³/mol. The molecule has 2 N–H and O–H groups in total. The van der Waals surface area contributed by atoms with Crippen molar-refractivity contribution in [2.24, 2.45) is 5.92 Å². The van der Waals surface area contributed by atoms with Crippen LogP contribution in [0.2, 0.25) is 0 Å². The minimum atomic E-state index is -0.632. The lowest BCUT2D eigenvalue weighted by molar-refractivity contribution is -0.128. The Morgan fingerprint density at radius 2 is 1.67 bits per heavy atom. The quantitative estimate of drug-likeness (QED) is 0.707. The summed E-state index contributed by atoms with van der Waals surface area (Å²) in [6, 6.07) is 16.3. The first kappa shape index (κ1) is 20.5. The van der Waals surface area contributed by atoms with E-state index < -0.39 is 6.04 Å². The van der Waals surface area contributed by atoms with Gasteiger partial charge < -0.3 is 15.4 Å². The zero-order chi connectivity index (χ0) is 19.6. The highest BCUT2D eigenvalue weighted by Crippen LogP contribution is 2.13. The van der Waals surface area contributed by atoms with E-state index in [1.807, 2.05) is 56.3 Å². The van der Waals surface area contributed by atoms with E-state index in [2.05, 4.69) is 17.6 Å². The maximum Gasteiger partial charge on any atom is 0.258 e. The van der Waals surface area contributed by atoms with Crippen LogP contribution >= 0.6 is 0 Å². The second-order valence-corrected chi connectivity index (χ2v) is 6.83. The number of hydrogen-bond acceptors (Lipinski definition) is 3. The minimum Gasteiger partial charge on any atom is -0.484 e. The molecule has 0 aromatic heterocycles. The third kappa shape index (κ3) is 6.77. The van der Waals surface area contributed by atoms with Crippen LogP contribution in [0.3, 0.4) is 0 Å². The number of anilines is 1. The average Bonchev–Trinajstić information content (AvgIpc) is 2.66. The molecule has 0 spiro atoms. The van der Waals surface area contributed by atoms with Gasteiger partial charge in [-0.15, -0.1) is 0 Å². The Kier molecular flexibility index (Phi) is 7.86. The molecule has 2 amide bonds. The third-order valence-electron chi connectivity index (χ3n) is 4.14. The second-order valence-electron chi connectivity index (χ2n) is 6.83. The molecule has 0 radical (unpaired) electrons. The molecule has 0 aliphatic rings. The number of rotatable bonds is 9. The Labute approximate surface area is 161 Å². The highest BCUT2D eigenvalue weighted by atomic mass is 16.5. The minimum absolute atomic E-state index is 0.0509. The monoisotopic (exact) mass is 368 g/mol. The fourth-order valence-electron chi connectivity index (χ4n) is 2.68. The number of amides is 2. The van der Waals surface area contributed by atoms with Crippen molar-refractivity contribution in [3.8, 4) is 5.75 Å². The Morgan fingerprint density at radius 1 is 1.00 bits per heavy atom. The molecule has 0 saturated carbocycles. The molecule has 0 heterocycles. The first-order chi connectivity index (χ1) is 13.0. The summed E-state index contributed by atoms with van der Waals surface area (Å²) in [5.74, 6) is 0.00251. The summed E-state index contributed by atoms with van der Waals surface area (Å²) in [4.78, 5) is 24.8. The Bertz CT molecular complexity index is 727. The summed E-state index contributed by atoms with van der Waals surface area (Å²) in [6.45, 7) is 5.79. The van der Waals surface area contributed by atoms with Gasteiger partial charge in [-0.05, 0) is 42.2 Å². The third-order valence-corrected chi connectivity index (χ3v) is 4.14. The number of nitrogens with one attached hydrogen (secondary N) is 2. The SMILES string of the molecule is CCCc1ccc(NC(=O)C(NC(=O)COc2ccccc2)C(C)C)cc1. The topological polar surface area (TPSA) is 67.4 Å². The Hall–Kier alpha value is -2.82. The highest BCUT2D eigenvalue weighted by Gasteiger charge is 2.24. The molecule has 5 nitrogen and oxygen atoms in total. The summed E-state index contributed by atoms with van der Waals surface area (Å²) in [7, 11) is 0. The summed E-state index contributed by atoms with van der Waals surface area (Å²) in [5, 5.41) is 5.64. The molecule has 0 bridgehead atoms. The molecule has 27 heavy (non-hydrogen) atoms. The molecule has 1 unspecified atom stereocenters. The van der Waals surface area contributed by atoms with Gasteiger partial charge >= 0.3 is 0 Å². The van der Waals surface area contributed by atoms with Gasteiger partial charge in [0, 0.05) is 5.69 Å². The van der Waals surface area contributed by atoms with Crippen molar-refractivity contribution < 1.29 is 14.3 Å². The Balaban J connectivity index is 1.90. The summed E-state index contributed by atoms with van der Waals surface area (Å²) >= 11 is 0. The molecular weight excluding hydrogens is 340 g/mol. The van der Waals surface area contributed by atoms with Gasteiger partial charge in [0.25, 0.3) is 5.91 Å². The van der Waals surface area contributed by atoms with Crippen LogP contribution in [-0.4, -0.2) is 24.5 Å². The number of carbonyl (C=O) groups is 2. The average molecular weight is 368 g/mol. The first-order valence-electron chi connectivity index (χ1n) is 9.36. The molecule has 1 atom stereocenters. The van der Waals surface area contributed by atoms with E-state index in [1.165, 1.54) is 5.56 Å². The van der Waals surface area contributed by atoms with Gasteiger partial charge in [0.2, 0.25) is 5.91 Å². The van der Waals surface area contributed by atoms with Crippen LogP contribution in [0.4, 0.5) is 5.69 Å². The van der Waals surface area contributed by atoms with E-state index in [0.29, 0.717) is 5.75 Å². The standard InChI is InChI=1S/C22H28N2O3/c1-4-8-17-11-13-18(14-12-17)23-22(26)21(16(2)3)24-20(25)15-27-19-9-6-5-7-10-19/h5-7,9-14,16,21H,4,8,15H2,1-3H3,(H,23,26)(H,24,25).